The molecule has 0 aliphatic rings. The Kier molecular flexibility index (Phi) is 5.31. The normalized spacial score (nSPS) is 10.8. The first-order chi connectivity index (χ1) is 12.5. The summed E-state index contributed by atoms with van der Waals surface area (Å²) in [7, 11) is 0. The van der Waals surface area contributed by atoms with Crippen LogP contribution in [0, 0.1) is 6.92 Å². The van der Waals surface area contributed by atoms with E-state index >= 15 is 0 Å². The number of para-hydroxylation sites is 1. The van der Waals surface area contributed by atoms with Gasteiger partial charge < -0.3 is 14.6 Å². The van der Waals surface area contributed by atoms with E-state index in [1.54, 1.807) is 6.07 Å². The number of nitrogens with zero attached hydrogens (tertiary/aromatic N) is 2. The lowest BCUT2D eigenvalue weighted by atomic mass is 10.1. The van der Waals surface area contributed by atoms with E-state index in [9.17, 15) is 4.79 Å². The highest BCUT2D eigenvalue weighted by Crippen LogP contribution is 2.30. The van der Waals surface area contributed by atoms with E-state index in [1.165, 1.54) is 0 Å². The number of amides is 1. The Morgan fingerprint density at radius 1 is 1.12 bits per heavy atom. The van der Waals surface area contributed by atoms with E-state index in [1.807, 2.05) is 63.2 Å². The molecule has 3 rings (SSSR count). The van der Waals surface area contributed by atoms with Crippen molar-refractivity contribution >= 4 is 5.91 Å². The Morgan fingerprint density at radius 3 is 2.54 bits per heavy atom. The summed E-state index contributed by atoms with van der Waals surface area (Å²) in [6.07, 6.45) is 0. The van der Waals surface area contributed by atoms with Crippen molar-refractivity contribution in [3.8, 4) is 28.6 Å². The van der Waals surface area contributed by atoms with Gasteiger partial charge in [0.1, 0.15) is 5.75 Å². The van der Waals surface area contributed by atoms with Gasteiger partial charge in [0.15, 0.2) is 6.61 Å². The number of hydrogen-bond acceptors (Lipinski definition) is 5. The zero-order valence-corrected chi connectivity index (χ0v) is 15.0. The molecule has 0 spiro atoms. The number of rotatable bonds is 6. The van der Waals surface area contributed by atoms with Gasteiger partial charge in [0.25, 0.3) is 11.8 Å². The molecule has 0 radical (unpaired) electrons. The summed E-state index contributed by atoms with van der Waals surface area (Å²) in [6, 6.07) is 15.2. The second-order valence-corrected chi connectivity index (χ2v) is 6.25. The molecule has 1 N–H and O–H groups in total. The molecule has 26 heavy (non-hydrogen) atoms. The Hall–Kier alpha value is -3.15. The minimum Gasteiger partial charge on any atom is -0.483 e. The van der Waals surface area contributed by atoms with E-state index in [4.69, 9.17) is 9.26 Å². The smallest absolute Gasteiger partial charge is 0.262 e. The predicted molar refractivity (Wildman–Crippen MR) is 98.7 cm³/mol. The third-order valence-corrected chi connectivity index (χ3v) is 3.74. The number of aromatic nitrogens is 2. The molecular formula is C20H21N3O3. The summed E-state index contributed by atoms with van der Waals surface area (Å²) < 4.78 is 11.1. The minimum absolute atomic E-state index is 0.0638. The molecular weight excluding hydrogens is 330 g/mol. The zero-order chi connectivity index (χ0) is 18.5. The molecule has 0 saturated heterocycles. The first-order valence-corrected chi connectivity index (χ1v) is 8.46. The number of carbonyl (C=O) groups is 1. The van der Waals surface area contributed by atoms with Crippen molar-refractivity contribution in [1.82, 2.24) is 15.5 Å². The van der Waals surface area contributed by atoms with E-state index in [2.05, 4.69) is 15.5 Å². The van der Waals surface area contributed by atoms with Crippen molar-refractivity contribution in [3.05, 3.63) is 54.1 Å². The van der Waals surface area contributed by atoms with Crippen LogP contribution in [-0.2, 0) is 4.79 Å². The highest BCUT2D eigenvalue weighted by atomic mass is 16.5. The van der Waals surface area contributed by atoms with E-state index in [0.29, 0.717) is 23.0 Å². The molecule has 1 amide bonds. The van der Waals surface area contributed by atoms with E-state index in [-0.39, 0.29) is 18.6 Å². The maximum Gasteiger partial charge on any atom is 0.262 e. The summed E-state index contributed by atoms with van der Waals surface area (Å²) in [5.41, 5.74) is 2.63. The van der Waals surface area contributed by atoms with E-state index < -0.39 is 0 Å². The van der Waals surface area contributed by atoms with Crippen molar-refractivity contribution in [2.75, 3.05) is 6.61 Å². The number of nitrogens with one attached hydrogen (secondary N) is 1. The number of hydrogen-bond donors (Lipinski definition) is 1. The van der Waals surface area contributed by atoms with Crippen molar-refractivity contribution in [1.29, 1.82) is 0 Å². The molecule has 0 bridgehead atoms. The van der Waals surface area contributed by atoms with Gasteiger partial charge >= 0.3 is 0 Å². The van der Waals surface area contributed by atoms with Crippen LogP contribution < -0.4 is 10.1 Å². The Balaban J connectivity index is 1.82. The number of aryl methyl sites for hydroxylation is 1. The van der Waals surface area contributed by atoms with Gasteiger partial charge in [0.05, 0.1) is 5.56 Å². The molecule has 6 heteroatoms. The monoisotopic (exact) mass is 351 g/mol. The number of benzene rings is 2. The Bertz CT molecular complexity index is 903. The highest BCUT2D eigenvalue weighted by Gasteiger charge is 2.16. The second-order valence-electron chi connectivity index (χ2n) is 6.25. The lowest BCUT2D eigenvalue weighted by Gasteiger charge is -2.11. The van der Waals surface area contributed by atoms with Gasteiger partial charge in [0.2, 0.25) is 5.82 Å². The largest absolute Gasteiger partial charge is 0.483 e. The number of carbonyl (C=O) groups excluding carboxylic acids is 1. The van der Waals surface area contributed by atoms with Gasteiger partial charge in [-0.15, -0.1) is 0 Å². The summed E-state index contributed by atoms with van der Waals surface area (Å²) >= 11 is 0. The Morgan fingerprint density at radius 2 is 1.81 bits per heavy atom. The molecule has 0 saturated carbocycles. The van der Waals surface area contributed by atoms with E-state index in [0.717, 1.165) is 11.1 Å². The van der Waals surface area contributed by atoms with Gasteiger partial charge in [-0.05, 0) is 38.5 Å². The zero-order valence-electron chi connectivity index (χ0n) is 15.0. The van der Waals surface area contributed by atoms with Crippen LogP contribution >= 0.6 is 0 Å². The third-order valence-electron chi connectivity index (χ3n) is 3.74. The highest BCUT2D eigenvalue weighted by molar-refractivity contribution is 5.78. The molecule has 1 heterocycles. The van der Waals surface area contributed by atoms with Crippen LogP contribution in [-0.4, -0.2) is 28.7 Å². The summed E-state index contributed by atoms with van der Waals surface area (Å²) in [5.74, 6) is 1.21. The van der Waals surface area contributed by atoms with Crippen molar-refractivity contribution in [2.24, 2.45) is 0 Å². The quantitative estimate of drug-likeness (QED) is 0.734. The fraction of sp³-hybridized carbons (Fsp3) is 0.250. The molecule has 1 aromatic heterocycles. The van der Waals surface area contributed by atoms with Crippen LogP contribution in [0.4, 0.5) is 0 Å². The van der Waals surface area contributed by atoms with Gasteiger partial charge in [0, 0.05) is 11.6 Å². The maximum atomic E-state index is 11.8. The summed E-state index contributed by atoms with van der Waals surface area (Å²) in [4.78, 5) is 16.3. The van der Waals surface area contributed by atoms with Gasteiger partial charge in [-0.2, -0.15) is 4.98 Å². The molecule has 3 aromatic rings. The van der Waals surface area contributed by atoms with Gasteiger partial charge in [-0.1, -0.05) is 41.6 Å². The van der Waals surface area contributed by atoms with Crippen LogP contribution in [0.3, 0.4) is 0 Å². The standard InChI is InChI=1S/C20H21N3O3/c1-13(2)21-18(24)12-25-17-11-7-6-10-16(17)20-22-19(23-26-20)15-9-5-4-8-14(15)3/h4-11,13H,12H2,1-3H3,(H,21,24). The molecule has 0 fully saturated rings. The lowest BCUT2D eigenvalue weighted by molar-refractivity contribution is -0.123. The fourth-order valence-electron chi connectivity index (χ4n) is 2.54. The van der Waals surface area contributed by atoms with Crippen LogP contribution in [0.15, 0.2) is 53.1 Å². The third kappa shape index (κ3) is 4.08. The van der Waals surface area contributed by atoms with Crippen LogP contribution in [0.1, 0.15) is 19.4 Å². The first kappa shape index (κ1) is 17.7. The minimum atomic E-state index is -0.180. The number of ether oxygens (including phenoxy) is 1. The molecule has 2 aromatic carbocycles. The van der Waals surface area contributed by atoms with Crippen LogP contribution in [0.2, 0.25) is 0 Å². The predicted octanol–water partition coefficient (Wildman–Crippen LogP) is 3.62. The lowest BCUT2D eigenvalue weighted by Crippen LogP contribution is -2.34. The second kappa shape index (κ2) is 7.82. The summed E-state index contributed by atoms with van der Waals surface area (Å²) in [6.45, 7) is 5.72. The molecule has 0 aliphatic heterocycles. The molecule has 0 atom stereocenters. The van der Waals surface area contributed by atoms with Gasteiger partial charge in [-0.3, -0.25) is 4.79 Å². The maximum absolute atomic E-state index is 11.8. The van der Waals surface area contributed by atoms with Crippen molar-refractivity contribution in [2.45, 2.75) is 26.8 Å². The molecule has 6 nitrogen and oxygen atoms in total. The average molecular weight is 351 g/mol. The Labute approximate surface area is 152 Å². The fourth-order valence-corrected chi connectivity index (χ4v) is 2.54. The summed E-state index contributed by atoms with van der Waals surface area (Å²) in [5, 5.41) is 6.87. The van der Waals surface area contributed by atoms with Crippen LogP contribution in [0.25, 0.3) is 22.8 Å². The van der Waals surface area contributed by atoms with Crippen molar-refractivity contribution in [3.63, 3.8) is 0 Å². The SMILES string of the molecule is Cc1ccccc1-c1noc(-c2ccccc2OCC(=O)NC(C)C)n1. The van der Waals surface area contributed by atoms with Crippen LogP contribution in [0.5, 0.6) is 5.75 Å². The molecule has 0 aliphatic carbocycles. The molecule has 0 unspecified atom stereocenters. The molecule has 134 valence electrons. The first-order valence-electron chi connectivity index (χ1n) is 8.46. The average Bonchev–Trinajstić information content (AvgIpc) is 3.10. The topological polar surface area (TPSA) is 77.2 Å². The van der Waals surface area contributed by atoms with Crippen molar-refractivity contribution < 1.29 is 14.1 Å². The van der Waals surface area contributed by atoms with Gasteiger partial charge in [-0.25, -0.2) is 0 Å².